The second-order valence-corrected chi connectivity index (χ2v) is 6.95. The molecule has 1 saturated carbocycles. The monoisotopic (exact) mass is 376 g/mol. The van der Waals surface area contributed by atoms with Crippen LogP contribution in [0.3, 0.4) is 0 Å². The number of nitrogens with zero attached hydrogens (tertiary/aromatic N) is 1. The fourth-order valence-electron chi connectivity index (χ4n) is 2.95. The molecule has 0 aliphatic heterocycles. The van der Waals surface area contributed by atoms with Gasteiger partial charge in [0.2, 0.25) is 0 Å². The van der Waals surface area contributed by atoms with E-state index >= 15 is 0 Å². The van der Waals surface area contributed by atoms with Gasteiger partial charge in [0.15, 0.2) is 6.10 Å². The first-order chi connectivity index (χ1) is 13.5. The average molecular weight is 376 g/mol. The Morgan fingerprint density at radius 2 is 1.86 bits per heavy atom. The number of rotatable bonds is 5. The molecule has 1 heterocycles. The van der Waals surface area contributed by atoms with Crippen LogP contribution in [-0.4, -0.2) is 34.1 Å². The number of pyridine rings is 1. The van der Waals surface area contributed by atoms with Gasteiger partial charge < -0.3 is 15.2 Å². The van der Waals surface area contributed by atoms with Crippen molar-refractivity contribution in [2.45, 2.75) is 31.9 Å². The maximum absolute atomic E-state index is 12.8. The number of benzene rings is 2. The number of phenols is 1. The molecule has 1 aromatic heterocycles. The lowest BCUT2D eigenvalue weighted by molar-refractivity contribution is -0.129. The van der Waals surface area contributed by atoms with E-state index in [1.54, 1.807) is 43.3 Å². The largest absolute Gasteiger partial charge is 0.508 e. The van der Waals surface area contributed by atoms with Crippen molar-refractivity contribution in [1.82, 2.24) is 10.3 Å². The second-order valence-electron chi connectivity index (χ2n) is 6.95. The molecule has 0 bridgehead atoms. The van der Waals surface area contributed by atoms with E-state index in [1.165, 1.54) is 0 Å². The van der Waals surface area contributed by atoms with Crippen molar-refractivity contribution >= 4 is 22.8 Å². The summed E-state index contributed by atoms with van der Waals surface area (Å²) in [7, 11) is 0. The van der Waals surface area contributed by atoms with Gasteiger partial charge in [0.05, 0.1) is 16.8 Å². The van der Waals surface area contributed by atoms with Crippen molar-refractivity contribution in [1.29, 1.82) is 0 Å². The number of nitrogens with one attached hydrogen (secondary N) is 1. The van der Waals surface area contributed by atoms with E-state index < -0.39 is 12.1 Å². The number of fused-ring (bicyclic) bond motifs is 1. The summed E-state index contributed by atoms with van der Waals surface area (Å²) < 4.78 is 5.43. The van der Waals surface area contributed by atoms with E-state index in [9.17, 15) is 14.7 Å². The molecule has 1 atom stereocenters. The van der Waals surface area contributed by atoms with Gasteiger partial charge in [0.25, 0.3) is 5.91 Å². The Hall–Kier alpha value is -3.41. The lowest BCUT2D eigenvalue weighted by Crippen LogP contribution is -2.37. The van der Waals surface area contributed by atoms with Gasteiger partial charge in [-0.05, 0) is 56.2 Å². The Bertz CT molecular complexity index is 1040. The summed E-state index contributed by atoms with van der Waals surface area (Å²) in [5.41, 5.74) is 2.34. The number of phenolic OH excluding ortho intramolecular Hbond substituents is 1. The van der Waals surface area contributed by atoms with Crippen molar-refractivity contribution in [3.8, 4) is 17.0 Å². The molecule has 6 heteroatoms. The smallest absolute Gasteiger partial charge is 0.339 e. The van der Waals surface area contributed by atoms with Gasteiger partial charge in [0, 0.05) is 17.0 Å². The van der Waals surface area contributed by atoms with Crippen molar-refractivity contribution in [3.63, 3.8) is 0 Å². The number of esters is 1. The summed E-state index contributed by atoms with van der Waals surface area (Å²) in [6.07, 6.45) is 1.06. The van der Waals surface area contributed by atoms with Crippen LogP contribution in [0.5, 0.6) is 5.75 Å². The van der Waals surface area contributed by atoms with Crippen LogP contribution in [-0.2, 0) is 9.53 Å². The van der Waals surface area contributed by atoms with Gasteiger partial charge in [-0.3, -0.25) is 4.79 Å². The highest BCUT2D eigenvalue weighted by molar-refractivity contribution is 6.05. The molecule has 4 rings (SSSR count). The molecule has 6 nitrogen and oxygen atoms in total. The lowest BCUT2D eigenvalue weighted by atomic mass is 10.0. The Balaban J connectivity index is 1.67. The third-order valence-corrected chi connectivity index (χ3v) is 4.68. The minimum absolute atomic E-state index is 0.152. The fourth-order valence-corrected chi connectivity index (χ4v) is 2.95. The summed E-state index contributed by atoms with van der Waals surface area (Å²) in [5.74, 6) is -0.704. The van der Waals surface area contributed by atoms with Crippen LogP contribution in [0.15, 0.2) is 54.6 Å². The van der Waals surface area contributed by atoms with Crippen molar-refractivity contribution in [3.05, 3.63) is 60.2 Å². The number of amides is 1. The molecule has 2 aromatic carbocycles. The van der Waals surface area contributed by atoms with Crippen LogP contribution in [0.2, 0.25) is 0 Å². The van der Waals surface area contributed by atoms with Gasteiger partial charge in [-0.15, -0.1) is 0 Å². The molecule has 1 fully saturated rings. The molecule has 142 valence electrons. The highest BCUT2D eigenvalue weighted by atomic mass is 16.5. The zero-order chi connectivity index (χ0) is 19.7. The standard InChI is InChI=1S/C22H20N2O4/c1-13(21(26)23-15-8-9-15)28-22(27)18-12-20(14-6-10-16(25)11-7-14)24-19-5-3-2-4-17(18)19/h2-7,10-13,15,25H,8-9H2,1H3,(H,23,26)/t13-/m0/s1. The molecule has 1 aliphatic carbocycles. The van der Waals surface area contributed by atoms with E-state index in [0.29, 0.717) is 22.2 Å². The number of hydrogen-bond acceptors (Lipinski definition) is 5. The first-order valence-electron chi connectivity index (χ1n) is 9.22. The molecular weight excluding hydrogens is 356 g/mol. The molecule has 1 aliphatic rings. The number of para-hydroxylation sites is 1. The quantitative estimate of drug-likeness (QED) is 0.666. The molecule has 0 unspecified atom stereocenters. The first kappa shape index (κ1) is 18.0. The van der Waals surface area contributed by atoms with Gasteiger partial charge in [-0.1, -0.05) is 18.2 Å². The molecule has 0 spiro atoms. The van der Waals surface area contributed by atoms with E-state index in [-0.39, 0.29) is 17.7 Å². The zero-order valence-electron chi connectivity index (χ0n) is 15.4. The molecule has 28 heavy (non-hydrogen) atoms. The summed E-state index contributed by atoms with van der Waals surface area (Å²) >= 11 is 0. The SMILES string of the molecule is C[C@H](OC(=O)c1cc(-c2ccc(O)cc2)nc2ccccc12)C(=O)NC1CC1. The summed E-state index contributed by atoms with van der Waals surface area (Å²) in [6.45, 7) is 1.57. The number of aromatic hydroxyl groups is 1. The van der Waals surface area contributed by atoms with Crippen molar-refractivity contribution in [2.24, 2.45) is 0 Å². The highest BCUT2D eigenvalue weighted by Crippen LogP contribution is 2.27. The van der Waals surface area contributed by atoms with Crippen LogP contribution in [0, 0.1) is 0 Å². The van der Waals surface area contributed by atoms with E-state index in [4.69, 9.17) is 4.74 Å². The number of carbonyl (C=O) groups is 2. The van der Waals surface area contributed by atoms with Crippen LogP contribution < -0.4 is 5.32 Å². The van der Waals surface area contributed by atoms with Gasteiger partial charge in [-0.25, -0.2) is 9.78 Å². The van der Waals surface area contributed by atoms with Crippen molar-refractivity contribution in [2.75, 3.05) is 0 Å². The van der Waals surface area contributed by atoms with Crippen LogP contribution in [0.1, 0.15) is 30.1 Å². The minimum atomic E-state index is -0.878. The predicted molar refractivity (Wildman–Crippen MR) is 105 cm³/mol. The number of hydrogen-bond donors (Lipinski definition) is 2. The molecular formula is C22H20N2O4. The third-order valence-electron chi connectivity index (χ3n) is 4.68. The van der Waals surface area contributed by atoms with Gasteiger partial charge in [-0.2, -0.15) is 0 Å². The summed E-state index contributed by atoms with van der Waals surface area (Å²) in [6, 6.07) is 15.7. The predicted octanol–water partition coefficient (Wildman–Crippen LogP) is 3.43. The number of ether oxygens (including phenoxy) is 1. The van der Waals surface area contributed by atoms with E-state index in [1.807, 2.05) is 18.2 Å². The van der Waals surface area contributed by atoms with E-state index in [2.05, 4.69) is 10.3 Å². The Morgan fingerprint density at radius 1 is 1.14 bits per heavy atom. The average Bonchev–Trinajstić information content (AvgIpc) is 3.51. The first-order valence-corrected chi connectivity index (χ1v) is 9.22. The molecule has 0 radical (unpaired) electrons. The highest BCUT2D eigenvalue weighted by Gasteiger charge is 2.28. The molecule has 1 amide bonds. The van der Waals surface area contributed by atoms with Crippen LogP contribution >= 0.6 is 0 Å². The third kappa shape index (κ3) is 3.81. The maximum Gasteiger partial charge on any atom is 0.339 e. The summed E-state index contributed by atoms with van der Waals surface area (Å²) in [5, 5.41) is 13.0. The topological polar surface area (TPSA) is 88.5 Å². The normalized spacial score (nSPS) is 14.5. The second kappa shape index (κ2) is 7.31. The fraction of sp³-hybridized carbons (Fsp3) is 0.227. The minimum Gasteiger partial charge on any atom is -0.508 e. The van der Waals surface area contributed by atoms with Crippen LogP contribution in [0.25, 0.3) is 22.2 Å². The maximum atomic E-state index is 12.8. The van der Waals surface area contributed by atoms with Crippen molar-refractivity contribution < 1.29 is 19.4 Å². The molecule has 3 aromatic rings. The van der Waals surface area contributed by atoms with Gasteiger partial charge in [0.1, 0.15) is 5.75 Å². The van der Waals surface area contributed by atoms with E-state index in [0.717, 1.165) is 18.4 Å². The summed E-state index contributed by atoms with van der Waals surface area (Å²) in [4.78, 5) is 29.6. The van der Waals surface area contributed by atoms with Gasteiger partial charge >= 0.3 is 5.97 Å². The number of carbonyl (C=O) groups excluding carboxylic acids is 2. The zero-order valence-corrected chi connectivity index (χ0v) is 15.4. The molecule has 0 saturated heterocycles. The molecule has 2 N–H and O–H groups in total. The Kier molecular flexibility index (Phi) is 4.69. The number of aromatic nitrogens is 1. The van der Waals surface area contributed by atoms with Crippen LogP contribution in [0.4, 0.5) is 0 Å². The lowest BCUT2D eigenvalue weighted by Gasteiger charge is -2.15. The Labute approximate surface area is 162 Å². The Morgan fingerprint density at radius 3 is 2.57 bits per heavy atom.